The van der Waals surface area contributed by atoms with Crippen LogP contribution in [0.5, 0.6) is 0 Å². The maximum Gasteiger partial charge on any atom is 0.357 e. The van der Waals surface area contributed by atoms with Gasteiger partial charge in [0.1, 0.15) is 11.8 Å². The molecule has 1 amide bonds. The highest BCUT2D eigenvalue weighted by atomic mass is 16.6. The lowest BCUT2D eigenvalue weighted by Gasteiger charge is -2.08. The largest absolute Gasteiger partial charge is 0.451 e. The van der Waals surface area contributed by atoms with E-state index in [0.717, 1.165) is 18.2 Å². The molecule has 13 nitrogen and oxygen atoms in total. The first-order valence-electron chi connectivity index (χ1n) is 7.00. The molecule has 0 radical (unpaired) electrons. The van der Waals surface area contributed by atoms with Gasteiger partial charge in [-0.1, -0.05) is 0 Å². The molecule has 0 spiro atoms. The van der Waals surface area contributed by atoms with Gasteiger partial charge in [-0.05, 0) is 6.07 Å². The van der Waals surface area contributed by atoms with Crippen LogP contribution in [-0.4, -0.2) is 33.4 Å². The molecule has 1 heterocycles. The van der Waals surface area contributed by atoms with E-state index in [1.54, 1.807) is 11.1 Å². The predicted octanol–water partition coefficient (Wildman–Crippen LogP) is -0.779. The molecule has 0 unspecified atom stereocenters. The van der Waals surface area contributed by atoms with Crippen LogP contribution in [-0.2, 0) is 9.53 Å². The number of nitrogens with one attached hydrogen (secondary N) is 3. The van der Waals surface area contributed by atoms with E-state index in [1.165, 1.54) is 0 Å². The normalized spacial score (nSPS) is 9.89. The fourth-order valence-electron chi connectivity index (χ4n) is 1.89. The number of benzene rings is 1. The minimum atomic E-state index is -1.23. The number of carbonyl (C=O) groups is 2. The topological polar surface area (TPSA) is 214 Å². The molecule has 138 valence electrons. The van der Waals surface area contributed by atoms with Gasteiger partial charge in [-0.15, -0.1) is 0 Å². The number of nitro benzene ring substituents is 1. The van der Waals surface area contributed by atoms with Crippen LogP contribution in [0, 0.1) is 21.4 Å². The van der Waals surface area contributed by atoms with Crippen molar-refractivity contribution >= 4 is 28.9 Å². The van der Waals surface area contributed by atoms with E-state index in [4.69, 9.17) is 11.0 Å². The third-order valence-corrected chi connectivity index (χ3v) is 3.13. The molecular weight excluding hydrogens is 364 g/mol. The Morgan fingerprint density at radius 1 is 1.33 bits per heavy atom. The van der Waals surface area contributed by atoms with Gasteiger partial charge < -0.3 is 15.8 Å². The van der Waals surface area contributed by atoms with Crippen molar-refractivity contribution < 1.29 is 19.2 Å². The Labute approximate surface area is 148 Å². The standard InChI is InChI=1S/C14H10N6O7/c15-4-6-3-7(20(25)26)1-2-8(6)17-9(21)5-27-13(23)11-10(16)12(22)19-14(24)18-11/h1-3H,5,16H2,(H,17,21)(H2,18,19,22,24). The smallest absolute Gasteiger partial charge is 0.357 e. The molecule has 1 aromatic carbocycles. The highest BCUT2D eigenvalue weighted by molar-refractivity contribution is 5.97. The van der Waals surface area contributed by atoms with Crippen molar-refractivity contribution in [3.05, 3.63) is 60.4 Å². The number of amides is 1. The third kappa shape index (κ3) is 4.33. The van der Waals surface area contributed by atoms with Gasteiger partial charge in [0.15, 0.2) is 12.3 Å². The summed E-state index contributed by atoms with van der Waals surface area (Å²) in [4.78, 5) is 59.9. The maximum atomic E-state index is 11.9. The number of nitriles is 1. The summed E-state index contributed by atoms with van der Waals surface area (Å²) < 4.78 is 4.64. The quantitative estimate of drug-likeness (QED) is 0.293. The lowest BCUT2D eigenvalue weighted by atomic mass is 10.1. The molecule has 2 aromatic rings. The second kappa shape index (κ2) is 7.61. The minimum Gasteiger partial charge on any atom is -0.451 e. The van der Waals surface area contributed by atoms with Gasteiger partial charge in [0.25, 0.3) is 17.2 Å². The molecule has 0 saturated carbocycles. The van der Waals surface area contributed by atoms with E-state index in [0.29, 0.717) is 0 Å². The minimum absolute atomic E-state index is 0.0341. The summed E-state index contributed by atoms with van der Waals surface area (Å²) in [6.45, 7) is -0.838. The number of non-ortho nitro benzene ring substituents is 1. The second-order valence-corrected chi connectivity index (χ2v) is 4.92. The number of carbonyl (C=O) groups excluding carboxylic acids is 2. The molecule has 27 heavy (non-hydrogen) atoms. The number of nitro groups is 1. The Kier molecular flexibility index (Phi) is 5.32. The van der Waals surface area contributed by atoms with Crippen LogP contribution in [0.3, 0.4) is 0 Å². The molecule has 0 atom stereocenters. The number of esters is 1. The molecule has 0 aliphatic heterocycles. The molecule has 0 aliphatic carbocycles. The Morgan fingerprint density at radius 2 is 2.04 bits per heavy atom. The molecule has 2 rings (SSSR count). The highest BCUT2D eigenvalue weighted by Gasteiger charge is 2.18. The number of nitrogen functional groups attached to an aromatic ring is 1. The fourth-order valence-corrected chi connectivity index (χ4v) is 1.89. The van der Waals surface area contributed by atoms with Crippen molar-refractivity contribution in [3.8, 4) is 6.07 Å². The lowest BCUT2D eigenvalue weighted by molar-refractivity contribution is -0.384. The predicted molar refractivity (Wildman–Crippen MR) is 88.8 cm³/mol. The number of hydrogen-bond acceptors (Lipinski definition) is 9. The van der Waals surface area contributed by atoms with E-state index in [9.17, 15) is 29.3 Å². The summed E-state index contributed by atoms with van der Waals surface area (Å²) >= 11 is 0. The first-order chi connectivity index (χ1) is 12.7. The fraction of sp³-hybridized carbons (Fsp3) is 0.0714. The van der Waals surface area contributed by atoms with Crippen LogP contribution in [0.4, 0.5) is 17.1 Å². The monoisotopic (exact) mass is 374 g/mol. The molecule has 13 heteroatoms. The Morgan fingerprint density at radius 3 is 2.67 bits per heavy atom. The Hall–Kier alpha value is -4.47. The van der Waals surface area contributed by atoms with E-state index >= 15 is 0 Å². The Bertz CT molecular complexity index is 1090. The zero-order valence-corrected chi connectivity index (χ0v) is 13.3. The van der Waals surface area contributed by atoms with Crippen LogP contribution in [0.1, 0.15) is 16.1 Å². The highest BCUT2D eigenvalue weighted by Crippen LogP contribution is 2.21. The van der Waals surface area contributed by atoms with Crippen LogP contribution in [0.15, 0.2) is 27.8 Å². The van der Waals surface area contributed by atoms with Crippen LogP contribution >= 0.6 is 0 Å². The summed E-state index contributed by atoms with van der Waals surface area (Å²) in [5.74, 6) is -2.10. The van der Waals surface area contributed by atoms with Gasteiger partial charge in [-0.2, -0.15) is 5.26 Å². The van der Waals surface area contributed by atoms with Gasteiger partial charge in [0.05, 0.1) is 16.2 Å². The first kappa shape index (κ1) is 18.9. The number of nitrogens with zero attached hydrogens (tertiary/aromatic N) is 2. The number of ether oxygens (including phenoxy) is 1. The number of H-pyrrole nitrogens is 2. The zero-order chi connectivity index (χ0) is 20.1. The van der Waals surface area contributed by atoms with Crippen molar-refractivity contribution in [2.75, 3.05) is 17.7 Å². The van der Waals surface area contributed by atoms with E-state index in [2.05, 4.69) is 10.1 Å². The maximum absolute atomic E-state index is 11.9. The van der Waals surface area contributed by atoms with Gasteiger partial charge in [-0.25, -0.2) is 9.59 Å². The van der Waals surface area contributed by atoms with Gasteiger partial charge in [0, 0.05) is 12.1 Å². The van der Waals surface area contributed by atoms with Crippen molar-refractivity contribution in [2.24, 2.45) is 0 Å². The molecule has 0 saturated heterocycles. The summed E-state index contributed by atoms with van der Waals surface area (Å²) in [5, 5.41) is 21.9. The van der Waals surface area contributed by atoms with Gasteiger partial charge in [0.2, 0.25) is 0 Å². The van der Waals surface area contributed by atoms with Crippen molar-refractivity contribution in [1.29, 1.82) is 5.26 Å². The second-order valence-electron chi connectivity index (χ2n) is 4.92. The van der Waals surface area contributed by atoms with Crippen LogP contribution < -0.4 is 22.3 Å². The van der Waals surface area contributed by atoms with Crippen LogP contribution in [0.2, 0.25) is 0 Å². The first-order valence-corrected chi connectivity index (χ1v) is 7.00. The van der Waals surface area contributed by atoms with Gasteiger partial charge >= 0.3 is 11.7 Å². The average molecular weight is 374 g/mol. The summed E-state index contributed by atoms with van der Waals surface area (Å²) in [6, 6.07) is 4.86. The number of aromatic amines is 2. The summed E-state index contributed by atoms with van der Waals surface area (Å²) in [5.41, 5.74) is 1.59. The molecule has 5 N–H and O–H groups in total. The van der Waals surface area contributed by atoms with E-state index in [-0.39, 0.29) is 16.9 Å². The van der Waals surface area contributed by atoms with Crippen molar-refractivity contribution in [1.82, 2.24) is 9.97 Å². The van der Waals surface area contributed by atoms with Crippen LogP contribution in [0.25, 0.3) is 0 Å². The number of nitrogens with two attached hydrogens (primary N) is 1. The molecule has 0 fully saturated rings. The van der Waals surface area contributed by atoms with E-state index in [1.807, 2.05) is 4.98 Å². The molecule has 1 aromatic heterocycles. The zero-order valence-electron chi connectivity index (χ0n) is 13.3. The molecule has 0 aliphatic rings. The van der Waals surface area contributed by atoms with Gasteiger partial charge in [-0.3, -0.25) is 29.7 Å². The number of aromatic nitrogens is 2. The number of anilines is 2. The SMILES string of the molecule is N#Cc1cc([N+](=O)[O-])ccc1NC(=O)COC(=O)c1[nH]c(=O)[nH]c(=O)c1N. The third-order valence-electron chi connectivity index (χ3n) is 3.13. The number of hydrogen-bond donors (Lipinski definition) is 4. The van der Waals surface area contributed by atoms with Crippen molar-refractivity contribution in [2.45, 2.75) is 0 Å². The Balaban J connectivity index is 2.08. The average Bonchev–Trinajstić information content (AvgIpc) is 2.62. The number of rotatable bonds is 5. The van der Waals surface area contributed by atoms with Crippen molar-refractivity contribution in [3.63, 3.8) is 0 Å². The lowest BCUT2D eigenvalue weighted by Crippen LogP contribution is -2.30. The summed E-state index contributed by atoms with van der Waals surface area (Å²) in [7, 11) is 0. The molecule has 0 bridgehead atoms. The summed E-state index contributed by atoms with van der Waals surface area (Å²) in [6.07, 6.45) is 0. The van der Waals surface area contributed by atoms with E-state index < -0.39 is 46.0 Å². The molecular formula is C14H10N6O7.